The maximum Gasteiger partial charge on any atom is 0.110 e. The average Bonchev–Trinajstić information content (AvgIpc) is 3.01. The second kappa shape index (κ2) is 7.38. The molecule has 4 rings (SSSR count). The summed E-state index contributed by atoms with van der Waals surface area (Å²) in [5, 5.41) is 0. The van der Waals surface area contributed by atoms with Crippen LogP contribution >= 0.6 is 0 Å². The first-order chi connectivity index (χ1) is 12.7. The molecule has 0 unspecified atom stereocenters. The van der Waals surface area contributed by atoms with E-state index in [9.17, 15) is 0 Å². The Morgan fingerprint density at radius 1 is 1.08 bits per heavy atom. The summed E-state index contributed by atoms with van der Waals surface area (Å²) in [7, 11) is 2.04. The number of rotatable bonds is 4. The molecule has 3 heterocycles. The van der Waals surface area contributed by atoms with Crippen molar-refractivity contribution in [1.29, 1.82) is 0 Å². The van der Waals surface area contributed by atoms with Crippen molar-refractivity contribution in [1.82, 2.24) is 24.4 Å². The highest BCUT2D eigenvalue weighted by Crippen LogP contribution is 2.32. The van der Waals surface area contributed by atoms with Gasteiger partial charge in [-0.2, -0.15) is 0 Å². The standard InChI is InChI=1S/C21H25N5/c1-16-24-13-19(25(16)2)21-20(22-10-11-23-21)18-9-6-12-26(15-18)14-17-7-4-3-5-8-17/h3-5,7-8,10-11,13,18H,6,9,12,14-15H2,1-2H3/t18-/m1/s1. The van der Waals surface area contributed by atoms with Gasteiger partial charge >= 0.3 is 0 Å². The Balaban J connectivity index is 1.58. The number of aryl methyl sites for hydroxylation is 1. The highest BCUT2D eigenvalue weighted by molar-refractivity contribution is 5.58. The summed E-state index contributed by atoms with van der Waals surface area (Å²) in [5.41, 5.74) is 4.50. The molecule has 26 heavy (non-hydrogen) atoms. The molecule has 5 heteroatoms. The largest absolute Gasteiger partial charge is 0.330 e. The summed E-state index contributed by atoms with van der Waals surface area (Å²) in [6, 6.07) is 10.7. The van der Waals surface area contributed by atoms with Crippen molar-refractivity contribution in [2.45, 2.75) is 32.2 Å². The molecular weight excluding hydrogens is 322 g/mol. The predicted molar refractivity (Wildman–Crippen MR) is 103 cm³/mol. The van der Waals surface area contributed by atoms with Gasteiger partial charge in [-0.05, 0) is 31.9 Å². The van der Waals surface area contributed by atoms with E-state index >= 15 is 0 Å². The maximum atomic E-state index is 4.74. The van der Waals surface area contributed by atoms with Crippen LogP contribution in [0.15, 0.2) is 48.9 Å². The van der Waals surface area contributed by atoms with Crippen LogP contribution in [0.2, 0.25) is 0 Å². The van der Waals surface area contributed by atoms with Crippen LogP contribution in [0.1, 0.15) is 35.8 Å². The zero-order chi connectivity index (χ0) is 17.9. The van der Waals surface area contributed by atoms with E-state index in [1.807, 2.05) is 26.4 Å². The normalized spacial score (nSPS) is 18.2. The van der Waals surface area contributed by atoms with Crippen LogP contribution in [0.5, 0.6) is 0 Å². The van der Waals surface area contributed by atoms with E-state index in [0.29, 0.717) is 5.92 Å². The molecule has 0 spiro atoms. The van der Waals surface area contributed by atoms with Gasteiger partial charge in [-0.25, -0.2) is 4.98 Å². The minimum absolute atomic E-state index is 0.409. The summed E-state index contributed by atoms with van der Waals surface area (Å²) in [6.45, 7) is 5.18. The summed E-state index contributed by atoms with van der Waals surface area (Å²) in [6.07, 6.45) is 7.86. The quantitative estimate of drug-likeness (QED) is 0.724. The molecule has 1 aliphatic rings. The van der Waals surface area contributed by atoms with Crippen molar-refractivity contribution >= 4 is 0 Å². The van der Waals surface area contributed by atoms with Crippen LogP contribution in [-0.2, 0) is 13.6 Å². The Kier molecular flexibility index (Phi) is 4.80. The van der Waals surface area contributed by atoms with Crippen LogP contribution in [0.4, 0.5) is 0 Å². The Morgan fingerprint density at radius 2 is 1.88 bits per heavy atom. The third kappa shape index (κ3) is 3.40. The van der Waals surface area contributed by atoms with E-state index < -0.39 is 0 Å². The van der Waals surface area contributed by atoms with Crippen molar-refractivity contribution in [2.24, 2.45) is 7.05 Å². The molecule has 1 saturated heterocycles. The van der Waals surface area contributed by atoms with E-state index in [1.165, 1.54) is 12.0 Å². The molecule has 0 N–H and O–H groups in total. The molecule has 0 amide bonds. The smallest absolute Gasteiger partial charge is 0.110 e. The van der Waals surface area contributed by atoms with Crippen LogP contribution in [0.3, 0.4) is 0 Å². The van der Waals surface area contributed by atoms with Gasteiger partial charge in [-0.15, -0.1) is 0 Å². The van der Waals surface area contributed by atoms with Gasteiger partial charge in [0.25, 0.3) is 0 Å². The zero-order valence-corrected chi connectivity index (χ0v) is 15.5. The molecule has 5 nitrogen and oxygen atoms in total. The van der Waals surface area contributed by atoms with Crippen LogP contribution < -0.4 is 0 Å². The Morgan fingerprint density at radius 3 is 2.65 bits per heavy atom. The van der Waals surface area contributed by atoms with Gasteiger partial charge in [0.05, 0.1) is 17.6 Å². The summed E-state index contributed by atoms with van der Waals surface area (Å²) in [5.74, 6) is 1.40. The summed E-state index contributed by atoms with van der Waals surface area (Å²) >= 11 is 0. The zero-order valence-electron chi connectivity index (χ0n) is 15.5. The van der Waals surface area contributed by atoms with Gasteiger partial charge in [0.1, 0.15) is 11.5 Å². The molecule has 1 atom stereocenters. The van der Waals surface area contributed by atoms with E-state index in [-0.39, 0.29) is 0 Å². The molecule has 0 saturated carbocycles. The van der Waals surface area contributed by atoms with Gasteiger partial charge in [0.2, 0.25) is 0 Å². The summed E-state index contributed by atoms with van der Waals surface area (Å²) in [4.78, 5) is 16.4. The number of nitrogens with zero attached hydrogens (tertiary/aromatic N) is 5. The van der Waals surface area contributed by atoms with E-state index in [2.05, 4.69) is 49.8 Å². The highest BCUT2D eigenvalue weighted by atomic mass is 15.1. The van der Waals surface area contributed by atoms with E-state index in [4.69, 9.17) is 4.98 Å². The fourth-order valence-corrected chi connectivity index (χ4v) is 3.83. The van der Waals surface area contributed by atoms with Crippen LogP contribution in [0, 0.1) is 6.92 Å². The lowest BCUT2D eigenvalue weighted by Crippen LogP contribution is -2.34. The molecule has 2 aromatic heterocycles. The number of likely N-dealkylation sites (tertiary alicyclic amines) is 1. The number of imidazole rings is 1. The van der Waals surface area contributed by atoms with Gasteiger partial charge in [0, 0.05) is 38.4 Å². The topological polar surface area (TPSA) is 46.8 Å². The fraction of sp³-hybridized carbons (Fsp3) is 0.381. The lowest BCUT2D eigenvalue weighted by Gasteiger charge is -2.33. The number of hydrogen-bond acceptors (Lipinski definition) is 4. The van der Waals surface area contributed by atoms with Crippen molar-refractivity contribution in [3.63, 3.8) is 0 Å². The fourth-order valence-electron chi connectivity index (χ4n) is 3.83. The number of hydrogen-bond donors (Lipinski definition) is 0. The minimum Gasteiger partial charge on any atom is -0.330 e. The predicted octanol–water partition coefficient (Wildman–Crippen LogP) is 3.57. The number of benzene rings is 1. The molecule has 134 valence electrons. The maximum absolute atomic E-state index is 4.74. The highest BCUT2D eigenvalue weighted by Gasteiger charge is 2.26. The monoisotopic (exact) mass is 347 g/mol. The third-order valence-corrected chi connectivity index (χ3v) is 5.33. The van der Waals surface area contributed by atoms with Gasteiger partial charge in [-0.1, -0.05) is 30.3 Å². The Labute approximate surface area is 154 Å². The van der Waals surface area contributed by atoms with E-state index in [1.54, 1.807) is 6.20 Å². The lowest BCUT2D eigenvalue weighted by molar-refractivity contribution is 0.198. The molecular formula is C21H25N5. The summed E-state index contributed by atoms with van der Waals surface area (Å²) < 4.78 is 2.10. The molecule has 3 aromatic rings. The van der Waals surface area contributed by atoms with Gasteiger partial charge in [0.15, 0.2) is 0 Å². The average molecular weight is 347 g/mol. The first kappa shape index (κ1) is 16.9. The van der Waals surface area contributed by atoms with Crippen molar-refractivity contribution in [2.75, 3.05) is 13.1 Å². The van der Waals surface area contributed by atoms with Crippen LogP contribution in [0.25, 0.3) is 11.4 Å². The van der Waals surface area contributed by atoms with E-state index in [0.717, 1.165) is 49.0 Å². The van der Waals surface area contributed by atoms with Crippen LogP contribution in [-0.4, -0.2) is 37.5 Å². The third-order valence-electron chi connectivity index (χ3n) is 5.33. The van der Waals surface area contributed by atoms with Gasteiger partial charge < -0.3 is 4.57 Å². The molecule has 1 aromatic carbocycles. The van der Waals surface area contributed by atoms with Crippen molar-refractivity contribution < 1.29 is 0 Å². The van der Waals surface area contributed by atoms with Crippen molar-refractivity contribution in [3.05, 3.63) is 66.0 Å². The lowest BCUT2D eigenvalue weighted by atomic mass is 9.92. The molecule has 0 aliphatic carbocycles. The van der Waals surface area contributed by atoms with Gasteiger partial charge in [-0.3, -0.25) is 14.9 Å². The van der Waals surface area contributed by atoms with Crippen molar-refractivity contribution in [3.8, 4) is 11.4 Å². The molecule has 1 fully saturated rings. The molecule has 1 aliphatic heterocycles. The minimum atomic E-state index is 0.409. The Hall–Kier alpha value is -2.53. The molecule has 0 bridgehead atoms. The number of aromatic nitrogens is 4. The molecule has 0 radical (unpaired) electrons. The number of piperidine rings is 1. The SMILES string of the molecule is Cc1ncc(-c2nccnc2[C@@H]2CCCN(Cc3ccccc3)C2)n1C. The Bertz CT molecular complexity index is 871. The second-order valence-corrected chi connectivity index (χ2v) is 7.10. The first-order valence-corrected chi connectivity index (χ1v) is 9.28. The second-order valence-electron chi connectivity index (χ2n) is 7.10. The first-order valence-electron chi connectivity index (χ1n) is 9.28.